The van der Waals surface area contributed by atoms with E-state index in [4.69, 9.17) is 9.47 Å². The lowest BCUT2D eigenvalue weighted by molar-refractivity contribution is 0.203. The molecule has 0 aliphatic carbocycles. The maximum absolute atomic E-state index is 5.55. The number of methoxy groups -OCH3 is 1. The monoisotopic (exact) mass is 502 g/mol. The van der Waals surface area contributed by atoms with E-state index in [9.17, 15) is 0 Å². The molecule has 2 aromatic rings. The zero-order valence-corrected chi connectivity index (χ0v) is 19.4. The fourth-order valence-corrected chi connectivity index (χ4v) is 2.47. The molecule has 1 heterocycles. The number of aliphatic imine (C=N–C) groups is 1. The number of aryl methyl sites for hydroxylation is 1. The predicted octanol–water partition coefficient (Wildman–Crippen LogP) is 2.06. The van der Waals surface area contributed by atoms with Crippen LogP contribution in [0.3, 0.4) is 0 Å². The van der Waals surface area contributed by atoms with Crippen LogP contribution in [0.2, 0.25) is 0 Å². The predicted molar refractivity (Wildman–Crippen MR) is 121 cm³/mol. The molecule has 1 aromatic carbocycles. The van der Waals surface area contributed by atoms with Crippen molar-refractivity contribution < 1.29 is 9.47 Å². The van der Waals surface area contributed by atoms with Crippen molar-refractivity contribution in [3.63, 3.8) is 0 Å². The Bertz CT molecular complexity index is 735. The third kappa shape index (κ3) is 8.01. The summed E-state index contributed by atoms with van der Waals surface area (Å²) >= 11 is 0. The van der Waals surface area contributed by atoms with Crippen molar-refractivity contribution in [2.24, 2.45) is 12.0 Å². The molecule has 0 unspecified atom stereocenters. The number of hydrogen-bond donors (Lipinski definition) is 2. The normalized spacial score (nSPS) is 11.1. The lowest BCUT2D eigenvalue weighted by Gasteiger charge is -2.13. The van der Waals surface area contributed by atoms with Crippen LogP contribution in [-0.4, -0.2) is 54.1 Å². The number of nitrogens with one attached hydrogen (secondary N) is 2. The first kappa shape index (κ1) is 24.2. The highest BCUT2D eigenvalue weighted by molar-refractivity contribution is 14.0. The summed E-state index contributed by atoms with van der Waals surface area (Å²) in [6, 6.07) is 8.16. The second-order valence-electron chi connectivity index (χ2n) is 6.06. The molecule has 8 nitrogen and oxygen atoms in total. The Kier molecular flexibility index (Phi) is 11.5. The van der Waals surface area contributed by atoms with Crippen molar-refractivity contribution in [3.8, 4) is 5.75 Å². The molecule has 0 aliphatic heterocycles. The van der Waals surface area contributed by atoms with E-state index in [2.05, 4.69) is 38.0 Å². The third-order valence-corrected chi connectivity index (χ3v) is 4.08. The smallest absolute Gasteiger partial charge is 0.191 e. The fourth-order valence-electron chi connectivity index (χ4n) is 2.47. The Morgan fingerprint density at radius 3 is 2.68 bits per heavy atom. The molecule has 0 bridgehead atoms. The number of halogens is 1. The van der Waals surface area contributed by atoms with Gasteiger partial charge in [-0.05, 0) is 38.0 Å². The quantitative estimate of drug-likeness (QED) is 0.224. The molecule has 156 valence electrons. The van der Waals surface area contributed by atoms with Gasteiger partial charge in [0.25, 0.3) is 0 Å². The van der Waals surface area contributed by atoms with E-state index in [0.29, 0.717) is 26.3 Å². The minimum Gasteiger partial charge on any atom is -0.494 e. The van der Waals surface area contributed by atoms with Gasteiger partial charge in [-0.15, -0.1) is 34.2 Å². The zero-order chi connectivity index (χ0) is 19.5. The first-order chi connectivity index (χ1) is 13.1. The molecule has 0 saturated heterocycles. The van der Waals surface area contributed by atoms with Crippen LogP contribution in [0.25, 0.3) is 0 Å². The number of aromatic nitrogens is 3. The molecular formula is C19H31IN6O2. The summed E-state index contributed by atoms with van der Waals surface area (Å²) in [5.74, 6) is 3.33. The van der Waals surface area contributed by atoms with Crippen LogP contribution in [-0.2, 0) is 24.8 Å². The second kappa shape index (κ2) is 13.3. The Balaban J connectivity index is 0.00000392. The number of rotatable bonds is 10. The summed E-state index contributed by atoms with van der Waals surface area (Å²) in [7, 11) is 3.62. The van der Waals surface area contributed by atoms with E-state index in [1.54, 1.807) is 7.11 Å². The Morgan fingerprint density at radius 2 is 2.00 bits per heavy atom. The van der Waals surface area contributed by atoms with Crippen molar-refractivity contribution in [1.29, 1.82) is 0 Å². The molecule has 0 fully saturated rings. The Labute approximate surface area is 184 Å². The van der Waals surface area contributed by atoms with Gasteiger partial charge in [0.15, 0.2) is 11.8 Å². The van der Waals surface area contributed by atoms with E-state index in [1.165, 1.54) is 5.56 Å². The van der Waals surface area contributed by atoms with Gasteiger partial charge in [-0.1, -0.05) is 12.1 Å². The molecule has 0 radical (unpaired) electrons. The van der Waals surface area contributed by atoms with Gasteiger partial charge >= 0.3 is 0 Å². The largest absolute Gasteiger partial charge is 0.494 e. The molecule has 0 aliphatic rings. The highest BCUT2D eigenvalue weighted by Crippen LogP contribution is 2.13. The van der Waals surface area contributed by atoms with Gasteiger partial charge < -0.3 is 24.7 Å². The molecule has 28 heavy (non-hydrogen) atoms. The lowest BCUT2D eigenvalue weighted by atomic mass is 10.1. The second-order valence-corrected chi connectivity index (χ2v) is 6.06. The minimum atomic E-state index is 0. The zero-order valence-electron chi connectivity index (χ0n) is 17.1. The summed E-state index contributed by atoms with van der Waals surface area (Å²) in [6.45, 7) is 7.09. The van der Waals surface area contributed by atoms with Crippen LogP contribution in [0.1, 0.15) is 24.1 Å². The van der Waals surface area contributed by atoms with Crippen LogP contribution in [0.4, 0.5) is 0 Å². The third-order valence-electron chi connectivity index (χ3n) is 4.08. The van der Waals surface area contributed by atoms with Gasteiger partial charge in [-0.25, -0.2) is 4.99 Å². The number of hydrogen-bond acceptors (Lipinski definition) is 5. The summed E-state index contributed by atoms with van der Waals surface area (Å²) in [6.07, 6.45) is 0.870. The SMILES string of the molecule is CCOc1cccc(CCNC(=NCc2nnc(C)n2C)NCCOC)c1.I. The van der Waals surface area contributed by atoms with Gasteiger partial charge in [0.2, 0.25) is 0 Å². The maximum Gasteiger partial charge on any atom is 0.191 e. The van der Waals surface area contributed by atoms with E-state index in [-0.39, 0.29) is 24.0 Å². The van der Waals surface area contributed by atoms with Gasteiger partial charge in [0.1, 0.15) is 18.1 Å². The molecule has 2 N–H and O–H groups in total. The highest BCUT2D eigenvalue weighted by atomic mass is 127. The van der Waals surface area contributed by atoms with Gasteiger partial charge in [0, 0.05) is 27.2 Å². The summed E-state index contributed by atoms with van der Waals surface area (Å²) in [4.78, 5) is 4.61. The molecule has 9 heteroatoms. The topological polar surface area (TPSA) is 85.6 Å². The summed E-state index contributed by atoms with van der Waals surface area (Å²) in [5, 5.41) is 14.8. The van der Waals surface area contributed by atoms with Crippen LogP contribution in [0.5, 0.6) is 5.75 Å². The van der Waals surface area contributed by atoms with Crippen molar-refractivity contribution >= 4 is 29.9 Å². The van der Waals surface area contributed by atoms with Crippen molar-refractivity contribution in [3.05, 3.63) is 41.5 Å². The van der Waals surface area contributed by atoms with Gasteiger partial charge in [0.05, 0.1) is 13.2 Å². The summed E-state index contributed by atoms with van der Waals surface area (Å²) < 4.78 is 12.6. The van der Waals surface area contributed by atoms with Gasteiger partial charge in [-0.3, -0.25) is 0 Å². The first-order valence-corrected chi connectivity index (χ1v) is 9.21. The average Bonchev–Trinajstić information content (AvgIpc) is 2.98. The molecule has 0 amide bonds. The van der Waals surface area contributed by atoms with Crippen LogP contribution >= 0.6 is 24.0 Å². The highest BCUT2D eigenvalue weighted by Gasteiger charge is 2.05. The number of benzene rings is 1. The van der Waals surface area contributed by atoms with E-state index in [1.807, 2.05) is 37.6 Å². The molecule has 0 atom stereocenters. The van der Waals surface area contributed by atoms with Crippen LogP contribution in [0.15, 0.2) is 29.3 Å². The Morgan fingerprint density at radius 1 is 1.21 bits per heavy atom. The number of nitrogens with zero attached hydrogens (tertiary/aromatic N) is 4. The molecule has 0 saturated carbocycles. The molecule has 1 aromatic heterocycles. The average molecular weight is 502 g/mol. The number of ether oxygens (including phenoxy) is 2. The fraction of sp³-hybridized carbons (Fsp3) is 0.526. The number of guanidine groups is 1. The minimum absolute atomic E-state index is 0. The summed E-state index contributed by atoms with van der Waals surface area (Å²) in [5.41, 5.74) is 1.22. The molecule has 2 rings (SSSR count). The van der Waals surface area contributed by atoms with E-state index < -0.39 is 0 Å². The van der Waals surface area contributed by atoms with Crippen molar-refractivity contribution in [1.82, 2.24) is 25.4 Å². The van der Waals surface area contributed by atoms with E-state index >= 15 is 0 Å². The first-order valence-electron chi connectivity index (χ1n) is 9.21. The lowest BCUT2D eigenvalue weighted by Crippen LogP contribution is -2.40. The van der Waals surface area contributed by atoms with E-state index in [0.717, 1.165) is 36.3 Å². The van der Waals surface area contributed by atoms with Crippen LogP contribution < -0.4 is 15.4 Å². The standard InChI is InChI=1S/C19H30N6O2.HI/c1-5-27-17-8-6-7-16(13-17)9-10-20-19(21-11-12-26-4)22-14-18-24-23-15(2)25(18)3;/h6-8,13H,5,9-12,14H2,1-4H3,(H2,20,21,22);1H. The molecular weight excluding hydrogens is 471 g/mol. The Hall–Kier alpha value is -1.88. The van der Waals surface area contributed by atoms with Crippen molar-refractivity contribution in [2.45, 2.75) is 26.8 Å². The molecule has 0 spiro atoms. The maximum atomic E-state index is 5.55. The van der Waals surface area contributed by atoms with Crippen LogP contribution in [0, 0.1) is 6.92 Å². The van der Waals surface area contributed by atoms with Gasteiger partial charge in [-0.2, -0.15) is 0 Å². The van der Waals surface area contributed by atoms with Crippen molar-refractivity contribution in [2.75, 3.05) is 33.4 Å².